The molecule has 1 aliphatic heterocycles. The van der Waals surface area contributed by atoms with Gasteiger partial charge in [0.2, 0.25) is 21.9 Å². The van der Waals surface area contributed by atoms with Crippen LogP contribution in [0.5, 0.6) is 0 Å². The summed E-state index contributed by atoms with van der Waals surface area (Å²) in [5.74, 6) is 0.979. The highest BCUT2D eigenvalue weighted by Gasteiger charge is 2.33. The van der Waals surface area contributed by atoms with E-state index >= 15 is 0 Å². The molecule has 0 saturated heterocycles. The maximum absolute atomic E-state index is 12.6. The van der Waals surface area contributed by atoms with Gasteiger partial charge < -0.3 is 15.5 Å². The summed E-state index contributed by atoms with van der Waals surface area (Å²) in [6.07, 6.45) is 7.52. The molecule has 2 aromatic rings. The van der Waals surface area contributed by atoms with Crippen LogP contribution in [0.4, 0.5) is 23.1 Å². The highest BCUT2D eigenvalue weighted by atomic mass is 35.5. The monoisotopic (exact) mass is 534 g/mol. The third kappa shape index (κ3) is 6.10. The lowest BCUT2D eigenvalue weighted by Crippen LogP contribution is -2.48. The zero-order chi connectivity index (χ0) is 26.1. The van der Waals surface area contributed by atoms with E-state index in [9.17, 15) is 13.2 Å². The first kappa shape index (κ1) is 26.6. The summed E-state index contributed by atoms with van der Waals surface area (Å²) in [5.41, 5.74) is 2.69. The quantitative estimate of drug-likeness (QED) is 0.476. The Kier molecular flexibility index (Phi) is 7.78. The summed E-state index contributed by atoms with van der Waals surface area (Å²) >= 11 is 6.40. The molecule has 3 N–H and O–H groups in total. The Bertz CT molecular complexity index is 1240. The average molecular weight is 535 g/mol. The molecule has 1 amide bonds. The van der Waals surface area contributed by atoms with Gasteiger partial charge in [0.15, 0.2) is 5.82 Å². The van der Waals surface area contributed by atoms with Gasteiger partial charge in [0.25, 0.3) is 0 Å². The number of nitrogens with zero attached hydrogens (tertiary/aromatic N) is 3. The van der Waals surface area contributed by atoms with Crippen LogP contribution in [-0.2, 0) is 20.2 Å². The second kappa shape index (κ2) is 10.5. The first-order valence-corrected chi connectivity index (χ1v) is 14.7. The van der Waals surface area contributed by atoms with Crippen LogP contribution in [-0.4, -0.2) is 49.2 Å². The van der Waals surface area contributed by atoms with E-state index in [1.165, 1.54) is 12.5 Å². The normalized spacial score (nSPS) is 22.0. The number of benzene rings is 1. The number of fused-ring (bicyclic) bond motifs is 1. The lowest BCUT2D eigenvalue weighted by atomic mass is 9.80. The number of nitrogens with one attached hydrogen (secondary N) is 3. The highest BCUT2D eigenvalue weighted by molar-refractivity contribution is 7.88. The van der Waals surface area contributed by atoms with E-state index in [0.717, 1.165) is 49.0 Å². The molecule has 1 aliphatic carbocycles. The first-order chi connectivity index (χ1) is 17.0. The zero-order valence-electron chi connectivity index (χ0n) is 21.3. The van der Waals surface area contributed by atoms with Crippen molar-refractivity contribution in [2.45, 2.75) is 76.8 Å². The van der Waals surface area contributed by atoms with E-state index in [1.54, 1.807) is 0 Å². The number of carbonyl (C=O) groups excluding carboxylic acids is 1. The lowest BCUT2D eigenvalue weighted by Gasteiger charge is -2.32. The topological polar surface area (TPSA) is 116 Å². The third-order valence-corrected chi connectivity index (χ3v) is 8.06. The highest BCUT2D eigenvalue weighted by Crippen LogP contribution is 2.41. The summed E-state index contributed by atoms with van der Waals surface area (Å²) in [7, 11) is -3.33. The van der Waals surface area contributed by atoms with Crippen LogP contribution >= 0.6 is 11.6 Å². The standard InChI is InChI=1S/C25H35ClN6O3S/c1-5-32-21-11-10-16(14-17(21)25(2,3)13-12-22(32)33)28-24-27-15-18(26)23(30-24)29-19-8-6-7-9-20(19)31-36(4,34)35/h10-11,14-15,19-20,31H,5-9,12-13H2,1-4H3,(H2,27,28,29,30)/t19-,20-/m1/s1. The summed E-state index contributed by atoms with van der Waals surface area (Å²) in [5, 5.41) is 6.98. The van der Waals surface area contributed by atoms with Crippen molar-refractivity contribution in [1.82, 2.24) is 14.7 Å². The van der Waals surface area contributed by atoms with Crippen molar-refractivity contribution in [2.24, 2.45) is 0 Å². The number of amides is 1. The van der Waals surface area contributed by atoms with Gasteiger partial charge >= 0.3 is 0 Å². The average Bonchev–Trinajstić information content (AvgIpc) is 2.90. The fourth-order valence-corrected chi connectivity index (χ4v) is 6.09. The Hall–Kier alpha value is -2.43. The second-order valence-corrected chi connectivity index (χ2v) is 12.5. The number of hydrogen-bond acceptors (Lipinski definition) is 7. The Morgan fingerprint density at radius 2 is 1.92 bits per heavy atom. The van der Waals surface area contributed by atoms with Crippen molar-refractivity contribution in [3.8, 4) is 0 Å². The van der Waals surface area contributed by atoms with Gasteiger partial charge in [-0.25, -0.2) is 18.1 Å². The molecule has 0 unspecified atom stereocenters. The summed E-state index contributed by atoms with van der Waals surface area (Å²) < 4.78 is 26.4. The number of rotatable bonds is 7. The second-order valence-electron chi connectivity index (χ2n) is 10.3. The summed E-state index contributed by atoms with van der Waals surface area (Å²) in [6.45, 7) is 6.94. The largest absolute Gasteiger partial charge is 0.364 e. The van der Waals surface area contributed by atoms with Gasteiger partial charge in [0.1, 0.15) is 5.02 Å². The predicted octanol–water partition coefficient (Wildman–Crippen LogP) is 4.57. The van der Waals surface area contributed by atoms with Gasteiger partial charge in [0.05, 0.1) is 12.5 Å². The predicted molar refractivity (Wildman–Crippen MR) is 145 cm³/mol. The fraction of sp³-hybridized carbons (Fsp3) is 0.560. The van der Waals surface area contributed by atoms with Gasteiger partial charge in [-0.2, -0.15) is 4.98 Å². The van der Waals surface area contributed by atoms with E-state index in [0.29, 0.717) is 29.8 Å². The number of anilines is 4. The molecule has 4 rings (SSSR count). The molecular weight excluding hydrogens is 500 g/mol. The maximum atomic E-state index is 12.6. The van der Waals surface area contributed by atoms with Crippen molar-refractivity contribution in [3.05, 3.63) is 35.0 Å². The van der Waals surface area contributed by atoms with E-state index in [1.807, 2.05) is 24.0 Å². The van der Waals surface area contributed by atoms with Crippen LogP contribution in [0.15, 0.2) is 24.4 Å². The molecule has 9 nitrogen and oxygen atoms in total. The van der Waals surface area contributed by atoms with Gasteiger partial charge in [0, 0.05) is 36.4 Å². The van der Waals surface area contributed by atoms with Crippen molar-refractivity contribution in [2.75, 3.05) is 28.3 Å². The SMILES string of the molecule is CCN1C(=O)CCC(C)(C)c2cc(Nc3ncc(Cl)c(N[C@@H]4CCCC[C@H]4NS(C)(=O)=O)n3)ccc21. The van der Waals surface area contributed by atoms with Gasteiger partial charge in [-0.05, 0) is 55.4 Å². The number of carbonyl (C=O) groups is 1. The number of halogens is 1. The van der Waals surface area contributed by atoms with Crippen LogP contribution < -0.4 is 20.3 Å². The molecule has 1 saturated carbocycles. The van der Waals surface area contributed by atoms with Crippen LogP contribution in [0.1, 0.15) is 64.9 Å². The molecule has 2 atom stereocenters. The molecule has 1 fully saturated rings. The van der Waals surface area contributed by atoms with Crippen molar-refractivity contribution < 1.29 is 13.2 Å². The Balaban J connectivity index is 1.58. The van der Waals surface area contributed by atoms with Crippen molar-refractivity contribution >= 4 is 50.7 Å². The van der Waals surface area contributed by atoms with Crippen LogP contribution in [0.2, 0.25) is 5.02 Å². The minimum Gasteiger partial charge on any atom is -0.364 e. The molecule has 0 bridgehead atoms. The number of hydrogen-bond donors (Lipinski definition) is 3. The molecule has 0 spiro atoms. The molecule has 1 aromatic heterocycles. The van der Waals surface area contributed by atoms with Gasteiger partial charge in [-0.1, -0.05) is 38.3 Å². The molecule has 1 aromatic carbocycles. The van der Waals surface area contributed by atoms with Gasteiger partial charge in [-0.15, -0.1) is 0 Å². The molecule has 0 radical (unpaired) electrons. The Morgan fingerprint density at radius 3 is 2.61 bits per heavy atom. The minimum atomic E-state index is -3.33. The molecule has 36 heavy (non-hydrogen) atoms. The summed E-state index contributed by atoms with van der Waals surface area (Å²) in [6, 6.07) is 5.61. The Labute approximate surface area is 218 Å². The summed E-state index contributed by atoms with van der Waals surface area (Å²) in [4.78, 5) is 23.4. The third-order valence-electron chi connectivity index (χ3n) is 7.05. The fourth-order valence-electron chi connectivity index (χ4n) is 5.11. The van der Waals surface area contributed by atoms with Crippen LogP contribution in [0.3, 0.4) is 0 Å². The van der Waals surface area contributed by atoms with Gasteiger partial charge in [-0.3, -0.25) is 4.79 Å². The van der Waals surface area contributed by atoms with E-state index in [-0.39, 0.29) is 23.4 Å². The Morgan fingerprint density at radius 1 is 1.19 bits per heavy atom. The zero-order valence-corrected chi connectivity index (χ0v) is 22.8. The molecular formula is C25H35ClN6O3S. The smallest absolute Gasteiger partial charge is 0.229 e. The van der Waals surface area contributed by atoms with Crippen LogP contribution in [0, 0.1) is 0 Å². The number of aromatic nitrogens is 2. The minimum absolute atomic E-state index is 0.125. The molecule has 196 valence electrons. The number of sulfonamides is 1. The lowest BCUT2D eigenvalue weighted by molar-refractivity contribution is -0.118. The van der Waals surface area contributed by atoms with Crippen LogP contribution in [0.25, 0.3) is 0 Å². The van der Waals surface area contributed by atoms with E-state index in [2.05, 4.69) is 45.2 Å². The van der Waals surface area contributed by atoms with Crippen molar-refractivity contribution in [1.29, 1.82) is 0 Å². The van der Waals surface area contributed by atoms with Crippen molar-refractivity contribution in [3.63, 3.8) is 0 Å². The molecule has 11 heteroatoms. The first-order valence-electron chi connectivity index (χ1n) is 12.4. The van der Waals surface area contributed by atoms with E-state index in [4.69, 9.17) is 11.6 Å². The van der Waals surface area contributed by atoms with E-state index < -0.39 is 10.0 Å². The maximum Gasteiger partial charge on any atom is 0.229 e. The molecule has 2 heterocycles. The molecule has 2 aliphatic rings.